The van der Waals surface area contributed by atoms with Gasteiger partial charge in [0, 0.05) is 12.8 Å². The molecular weight excluding hydrogens is 297 g/mol. The Morgan fingerprint density at radius 3 is 2.41 bits per heavy atom. The fraction of sp³-hybridized carbons (Fsp3) is 0.438. The lowest BCUT2D eigenvalue weighted by Crippen LogP contribution is -2.32. The Balaban J connectivity index is 2.17. The van der Waals surface area contributed by atoms with Crippen molar-refractivity contribution in [2.45, 2.75) is 32.4 Å². The van der Waals surface area contributed by atoms with Gasteiger partial charge < -0.3 is 9.47 Å². The van der Waals surface area contributed by atoms with Gasteiger partial charge in [0.25, 0.3) is 0 Å². The molecule has 0 aromatic heterocycles. The third-order valence-corrected chi connectivity index (χ3v) is 3.51. The summed E-state index contributed by atoms with van der Waals surface area (Å²) in [5.74, 6) is -1.25. The summed E-state index contributed by atoms with van der Waals surface area (Å²) in [6, 6.07) is 9.12. The minimum Gasteiger partial charge on any atom is -0.462 e. The van der Waals surface area contributed by atoms with Crippen LogP contribution in [0.1, 0.15) is 25.3 Å². The Bertz CT molecular complexity index is 552. The first-order chi connectivity index (χ1) is 10.3. The van der Waals surface area contributed by atoms with Crippen molar-refractivity contribution >= 4 is 5.78 Å². The van der Waals surface area contributed by atoms with E-state index in [4.69, 9.17) is 9.47 Å². The molecule has 0 fully saturated rings. The van der Waals surface area contributed by atoms with Crippen LogP contribution >= 0.6 is 0 Å². The van der Waals surface area contributed by atoms with Crippen LogP contribution in [0.2, 0.25) is 0 Å². The van der Waals surface area contributed by atoms with E-state index in [1.54, 1.807) is 6.92 Å². The smallest absolute Gasteiger partial charge is 0.449 e. The normalized spacial score (nSPS) is 17.2. The van der Waals surface area contributed by atoms with Crippen molar-refractivity contribution in [2.24, 2.45) is 5.41 Å². The van der Waals surface area contributed by atoms with Gasteiger partial charge in [-0.25, -0.2) is 0 Å². The Hall–Kier alpha value is -1.98. The van der Waals surface area contributed by atoms with E-state index < -0.39 is 23.8 Å². The van der Waals surface area contributed by atoms with E-state index in [9.17, 15) is 18.0 Å². The Morgan fingerprint density at radius 2 is 1.86 bits per heavy atom. The van der Waals surface area contributed by atoms with Crippen molar-refractivity contribution in [1.82, 2.24) is 0 Å². The van der Waals surface area contributed by atoms with Crippen LogP contribution < -0.4 is 0 Å². The van der Waals surface area contributed by atoms with Gasteiger partial charge in [0.2, 0.25) is 12.6 Å². The predicted octanol–water partition coefficient (Wildman–Crippen LogP) is 3.99. The number of carbonyl (C=O) groups excluding carboxylic acids is 1. The molecule has 120 valence electrons. The molecular formula is C16H17F3O3. The van der Waals surface area contributed by atoms with Gasteiger partial charge in [0.15, 0.2) is 0 Å². The van der Waals surface area contributed by atoms with Crippen molar-refractivity contribution in [3.63, 3.8) is 0 Å². The number of hydrogen-bond acceptors (Lipinski definition) is 3. The van der Waals surface area contributed by atoms with Crippen LogP contribution in [0, 0.1) is 5.41 Å². The zero-order valence-corrected chi connectivity index (χ0v) is 12.2. The zero-order chi connectivity index (χ0) is 16.2. The lowest BCUT2D eigenvalue weighted by molar-refractivity contribution is -0.173. The molecule has 3 nitrogen and oxygen atoms in total. The van der Waals surface area contributed by atoms with Crippen molar-refractivity contribution in [3.05, 3.63) is 47.9 Å². The third kappa shape index (κ3) is 4.51. The summed E-state index contributed by atoms with van der Waals surface area (Å²) in [6.07, 6.45) is -3.47. The summed E-state index contributed by atoms with van der Waals surface area (Å²) < 4.78 is 48.0. The van der Waals surface area contributed by atoms with Gasteiger partial charge >= 0.3 is 6.18 Å². The largest absolute Gasteiger partial charge is 0.462 e. The molecule has 1 atom stereocenters. The Kier molecular flexibility index (Phi) is 4.78. The number of allylic oxidation sites excluding steroid dienone is 1. The molecule has 0 bridgehead atoms. The van der Waals surface area contributed by atoms with Gasteiger partial charge in [-0.3, -0.25) is 4.79 Å². The molecule has 1 aromatic rings. The summed E-state index contributed by atoms with van der Waals surface area (Å²) in [7, 11) is 0. The second-order valence-corrected chi connectivity index (χ2v) is 5.76. The lowest BCUT2D eigenvalue weighted by atomic mass is 9.76. The van der Waals surface area contributed by atoms with E-state index in [2.05, 4.69) is 0 Å². The first kappa shape index (κ1) is 16.4. The quantitative estimate of drug-likeness (QED) is 0.796. The molecule has 1 unspecified atom stereocenters. The van der Waals surface area contributed by atoms with Gasteiger partial charge in [-0.1, -0.05) is 37.3 Å². The number of rotatable bonds is 6. The van der Waals surface area contributed by atoms with E-state index in [0.717, 1.165) is 5.56 Å². The lowest BCUT2D eigenvalue weighted by Gasteiger charge is -2.29. The minimum absolute atomic E-state index is 0.0595. The first-order valence-electron chi connectivity index (χ1n) is 6.86. The molecule has 1 heterocycles. The maximum atomic E-state index is 12.6. The Labute approximate surface area is 126 Å². The molecule has 1 aliphatic heterocycles. The van der Waals surface area contributed by atoms with Crippen LogP contribution in [0.15, 0.2) is 42.4 Å². The second-order valence-electron chi connectivity index (χ2n) is 5.76. The van der Waals surface area contributed by atoms with Crippen molar-refractivity contribution in [3.8, 4) is 0 Å². The average molecular weight is 314 g/mol. The van der Waals surface area contributed by atoms with Crippen LogP contribution in [-0.2, 0) is 20.7 Å². The summed E-state index contributed by atoms with van der Waals surface area (Å²) in [4.78, 5) is 11.4. The van der Waals surface area contributed by atoms with Gasteiger partial charge in [-0.2, -0.15) is 13.2 Å². The molecule has 0 spiro atoms. The Morgan fingerprint density at radius 1 is 1.18 bits per heavy atom. The molecule has 1 aliphatic rings. The fourth-order valence-electron chi connectivity index (χ4n) is 2.55. The number of carbonyl (C=O) groups is 1. The number of ketones is 1. The molecule has 2 rings (SSSR count). The van der Waals surface area contributed by atoms with E-state index in [1.165, 1.54) is 6.26 Å². The SMILES string of the molecule is CC(CC(=O)C(F)(F)F)(CC1=COCO1)Cc1ccccc1. The van der Waals surface area contributed by atoms with Crippen molar-refractivity contribution < 1.29 is 27.4 Å². The highest BCUT2D eigenvalue weighted by Crippen LogP contribution is 2.37. The molecule has 0 N–H and O–H groups in total. The van der Waals surface area contributed by atoms with Crippen LogP contribution in [0.5, 0.6) is 0 Å². The van der Waals surface area contributed by atoms with Crippen LogP contribution in [0.25, 0.3) is 0 Å². The van der Waals surface area contributed by atoms with E-state index in [1.807, 2.05) is 30.3 Å². The van der Waals surface area contributed by atoms with Gasteiger partial charge in [0.1, 0.15) is 12.0 Å². The number of benzene rings is 1. The third-order valence-electron chi connectivity index (χ3n) is 3.51. The standard InChI is InChI=1S/C16H17F3O3/c1-15(8-13-10-21-11-22-13,9-14(20)16(17,18)19)7-12-5-3-2-4-6-12/h2-6,10H,7-9,11H2,1H3. The second kappa shape index (κ2) is 6.42. The van der Waals surface area contributed by atoms with Crippen LogP contribution in [-0.4, -0.2) is 18.8 Å². The highest BCUT2D eigenvalue weighted by Gasteiger charge is 2.43. The maximum Gasteiger partial charge on any atom is 0.449 e. The van der Waals surface area contributed by atoms with E-state index >= 15 is 0 Å². The summed E-state index contributed by atoms with van der Waals surface area (Å²) in [5.41, 5.74) is -0.0208. The van der Waals surface area contributed by atoms with E-state index in [0.29, 0.717) is 12.2 Å². The first-order valence-corrected chi connectivity index (χ1v) is 6.86. The maximum absolute atomic E-state index is 12.6. The minimum atomic E-state index is -4.82. The molecule has 0 aliphatic carbocycles. The predicted molar refractivity (Wildman–Crippen MR) is 73.7 cm³/mol. The molecule has 6 heteroatoms. The van der Waals surface area contributed by atoms with Crippen LogP contribution in [0.4, 0.5) is 13.2 Å². The van der Waals surface area contributed by atoms with Crippen molar-refractivity contribution in [1.29, 1.82) is 0 Å². The van der Waals surface area contributed by atoms with Crippen molar-refractivity contribution in [2.75, 3.05) is 6.79 Å². The molecule has 0 amide bonds. The number of hydrogen-bond donors (Lipinski definition) is 0. The topological polar surface area (TPSA) is 35.5 Å². The van der Waals surface area contributed by atoms with E-state index in [-0.39, 0.29) is 13.2 Å². The number of Topliss-reactive ketones (excluding diaryl/α,β-unsaturated/α-hetero) is 1. The van der Waals surface area contributed by atoms with Gasteiger partial charge in [-0.05, 0) is 17.4 Å². The molecule has 22 heavy (non-hydrogen) atoms. The number of halogens is 3. The summed E-state index contributed by atoms with van der Waals surface area (Å²) in [6.45, 7) is 1.72. The highest BCUT2D eigenvalue weighted by atomic mass is 19.4. The molecule has 0 radical (unpaired) electrons. The molecule has 0 saturated carbocycles. The van der Waals surface area contributed by atoms with Crippen LogP contribution in [0.3, 0.4) is 0 Å². The summed E-state index contributed by atoms with van der Waals surface area (Å²) >= 11 is 0. The van der Waals surface area contributed by atoms with Gasteiger partial charge in [-0.15, -0.1) is 0 Å². The number of alkyl halides is 3. The summed E-state index contributed by atoms with van der Waals surface area (Å²) in [5, 5.41) is 0. The fourth-order valence-corrected chi connectivity index (χ4v) is 2.55. The van der Waals surface area contributed by atoms with Gasteiger partial charge in [0.05, 0.1) is 0 Å². The number of ether oxygens (including phenoxy) is 2. The highest BCUT2D eigenvalue weighted by molar-refractivity contribution is 5.84. The monoisotopic (exact) mass is 314 g/mol. The zero-order valence-electron chi connectivity index (χ0n) is 12.2. The average Bonchev–Trinajstić information content (AvgIpc) is 2.90. The molecule has 1 aromatic carbocycles. The molecule has 0 saturated heterocycles.